The van der Waals surface area contributed by atoms with Crippen LogP contribution in [0.25, 0.3) is 0 Å². The molecule has 1 aromatic carbocycles. The van der Waals surface area contributed by atoms with Gasteiger partial charge in [0.15, 0.2) is 0 Å². The molecule has 1 aliphatic rings. The molecule has 2 rings (SSSR count). The van der Waals surface area contributed by atoms with Gasteiger partial charge in [0, 0.05) is 5.92 Å². The smallest absolute Gasteiger partial charge is 0.223 e. The first kappa shape index (κ1) is 13.1. The summed E-state index contributed by atoms with van der Waals surface area (Å²) in [6, 6.07) is 10.1. The Bertz CT molecular complexity index is 391. The number of nitrogens with one attached hydrogen (secondary N) is 1. The molecule has 0 aromatic heterocycles. The predicted molar refractivity (Wildman–Crippen MR) is 72.9 cm³/mol. The molecule has 3 N–H and O–H groups in total. The van der Waals surface area contributed by atoms with Crippen molar-refractivity contribution in [2.75, 3.05) is 6.54 Å². The molecule has 3 nitrogen and oxygen atoms in total. The van der Waals surface area contributed by atoms with Gasteiger partial charge < -0.3 is 11.1 Å². The second-order valence-corrected chi connectivity index (χ2v) is 5.17. The highest BCUT2D eigenvalue weighted by Crippen LogP contribution is 2.31. The summed E-state index contributed by atoms with van der Waals surface area (Å²) in [6.07, 6.45) is 3.20. The van der Waals surface area contributed by atoms with Crippen molar-refractivity contribution in [3.8, 4) is 0 Å². The number of nitrogens with two attached hydrogens (primary N) is 1. The summed E-state index contributed by atoms with van der Waals surface area (Å²) in [4.78, 5) is 12.2. The minimum absolute atomic E-state index is 0.0673. The van der Waals surface area contributed by atoms with Gasteiger partial charge in [0.1, 0.15) is 0 Å². The average Bonchev–Trinajstić information content (AvgIpc) is 2.88. The second kappa shape index (κ2) is 6.01. The summed E-state index contributed by atoms with van der Waals surface area (Å²) in [5, 5.41) is 3.11. The van der Waals surface area contributed by atoms with Crippen molar-refractivity contribution in [2.24, 2.45) is 17.6 Å². The molecule has 0 aliphatic heterocycles. The van der Waals surface area contributed by atoms with Gasteiger partial charge in [0.05, 0.1) is 6.04 Å². The van der Waals surface area contributed by atoms with Gasteiger partial charge in [-0.15, -0.1) is 0 Å². The molecule has 1 amide bonds. The number of hydrogen-bond acceptors (Lipinski definition) is 2. The standard InChI is InChI=1S/C15H22N2O/c1-11(12-6-3-2-4-7-12)17-15(18)14-9-5-8-13(14)10-16/h2-4,6-7,11,13-14H,5,8-10,16H2,1H3,(H,17,18)/t11-,13?,14?/m0/s1. The summed E-state index contributed by atoms with van der Waals surface area (Å²) in [7, 11) is 0. The van der Waals surface area contributed by atoms with Gasteiger partial charge in [-0.1, -0.05) is 36.8 Å². The van der Waals surface area contributed by atoms with E-state index in [4.69, 9.17) is 5.73 Å². The van der Waals surface area contributed by atoms with Crippen LogP contribution in [0.5, 0.6) is 0 Å². The quantitative estimate of drug-likeness (QED) is 0.856. The van der Waals surface area contributed by atoms with Crippen LogP contribution in [0.4, 0.5) is 0 Å². The molecule has 3 atom stereocenters. The molecule has 3 heteroatoms. The molecule has 98 valence electrons. The fourth-order valence-electron chi connectivity index (χ4n) is 2.81. The molecule has 0 heterocycles. The van der Waals surface area contributed by atoms with Crippen LogP contribution in [0.1, 0.15) is 37.8 Å². The molecule has 2 unspecified atom stereocenters. The van der Waals surface area contributed by atoms with Crippen LogP contribution >= 0.6 is 0 Å². The molecule has 1 aliphatic carbocycles. The molecule has 0 spiro atoms. The molecule has 18 heavy (non-hydrogen) atoms. The summed E-state index contributed by atoms with van der Waals surface area (Å²) in [5.74, 6) is 0.647. The molecule has 0 saturated heterocycles. The minimum Gasteiger partial charge on any atom is -0.349 e. The fourth-order valence-corrected chi connectivity index (χ4v) is 2.81. The maximum atomic E-state index is 12.2. The highest BCUT2D eigenvalue weighted by molar-refractivity contribution is 5.79. The monoisotopic (exact) mass is 246 g/mol. The largest absolute Gasteiger partial charge is 0.349 e. The molecule has 0 bridgehead atoms. The van der Waals surface area contributed by atoms with Gasteiger partial charge in [-0.05, 0) is 37.8 Å². The van der Waals surface area contributed by atoms with Gasteiger partial charge in [0.2, 0.25) is 5.91 Å². The number of benzene rings is 1. The molecule has 1 aromatic rings. The Labute approximate surface area is 109 Å². The predicted octanol–water partition coefficient (Wildman–Crippen LogP) is 2.24. The average molecular weight is 246 g/mol. The van der Waals surface area contributed by atoms with E-state index in [-0.39, 0.29) is 17.9 Å². The van der Waals surface area contributed by atoms with Crippen molar-refractivity contribution in [1.82, 2.24) is 5.32 Å². The molecular weight excluding hydrogens is 224 g/mol. The van der Waals surface area contributed by atoms with Crippen LogP contribution in [0.15, 0.2) is 30.3 Å². The number of carbonyl (C=O) groups is 1. The Hall–Kier alpha value is -1.35. The van der Waals surface area contributed by atoms with E-state index in [1.165, 1.54) is 0 Å². The van der Waals surface area contributed by atoms with Crippen molar-refractivity contribution >= 4 is 5.91 Å². The molecule has 0 radical (unpaired) electrons. The van der Waals surface area contributed by atoms with Gasteiger partial charge >= 0.3 is 0 Å². The van der Waals surface area contributed by atoms with Gasteiger partial charge in [-0.3, -0.25) is 4.79 Å². The number of amides is 1. The zero-order valence-corrected chi connectivity index (χ0v) is 10.9. The van der Waals surface area contributed by atoms with Crippen LogP contribution < -0.4 is 11.1 Å². The molecule has 1 saturated carbocycles. The molecular formula is C15H22N2O. The zero-order chi connectivity index (χ0) is 13.0. The van der Waals surface area contributed by atoms with E-state index in [1.807, 2.05) is 37.3 Å². The summed E-state index contributed by atoms with van der Waals surface area (Å²) in [6.45, 7) is 2.65. The first-order valence-electron chi connectivity index (χ1n) is 6.77. The van der Waals surface area contributed by atoms with Crippen molar-refractivity contribution in [3.05, 3.63) is 35.9 Å². The van der Waals surface area contributed by atoms with Gasteiger partial charge in [0.25, 0.3) is 0 Å². The topological polar surface area (TPSA) is 55.1 Å². The van der Waals surface area contributed by atoms with E-state index in [0.717, 1.165) is 24.8 Å². The Morgan fingerprint density at radius 1 is 1.39 bits per heavy atom. The third-order valence-corrected chi connectivity index (χ3v) is 3.96. The van der Waals surface area contributed by atoms with Gasteiger partial charge in [-0.25, -0.2) is 0 Å². The maximum absolute atomic E-state index is 12.2. The van der Waals surface area contributed by atoms with Crippen LogP contribution in [-0.4, -0.2) is 12.5 Å². The number of hydrogen-bond donors (Lipinski definition) is 2. The van der Waals surface area contributed by atoms with Crippen LogP contribution in [0.3, 0.4) is 0 Å². The summed E-state index contributed by atoms with van der Waals surface area (Å²) < 4.78 is 0. The highest BCUT2D eigenvalue weighted by atomic mass is 16.2. The van der Waals surface area contributed by atoms with Crippen molar-refractivity contribution < 1.29 is 4.79 Å². The lowest BCUT2D eigenvalue weighted by Gasteiger charge is -2.21. The van der Waals surface area contributed by atoms with E-state index in [0.29, 0.717) is 12.5 Å². The lowest BCUT2D eigenvalue weighted by Crippen LogP contribution is -2.36. The van der Waals surface area contributed by atoms with Crippen molar-refractivity contribution in [3.63, 3.8) is 0 Å². The van der Waals surface area contributed by atoms with Crippen LogP contribution in [-0.2, 0) is 4.79 Å². The lowest BCUT2D eigenvalue weighted by atomic mass is 9.95. The van der Waals surface area contributed by atoms with Crippen LogP contribution in [0, 0.1) is 11.8 Å². The first-order valence-corrected chi connectivity index (χ1v) is 6.77. The number of rotatable bonds is 4. The summed E-state index contributed by atoms with van der Waals surface area (Å²) >= 11 is 0. The number of carbonyl (C=O) groups excluding carboxylic acids is 1. The first-order chi connectivity index (χ1) is 8.72. The summed E-state index contributed by atoms with van der Waals surface area (Å²) in [5.41, 5.74) is 6.87. The van der Waals surface area contributed by atoms with Crippen molar-refractivity contribution in [2.45, 2.75) is 32.2 Å². The third-order valence-electron chi connectivity index (χ3n) is 3.96. The Morgan fingerprint density at radius 2 is 2.11 bits per heavy atom. The fraction of sp³-hybridized carbons (Fsp3) is 0.533. The Balaban J connectivity index is 1.95. The minimum atomic E-state index is 0.0673. The third kappa shape index (κ3) is 2.91. The van der Waals surface area contributed by atoms with E-state index in [9.17, 15) is 4.79 Å². The normalized spacial score (nSPS) is 24.8. The lowest BCUT2D eigenvalue weighted by molar-refractivity contribution is -0.126. The maximum Gasteiger partial charge on any atom is 0.223 e. The van der Waals surface area contributed by atoms with Gasteiger partial charge in [-0.2, -0.15) is 0 Å². The van der Waals surface area contributed by atoms with Crippen LogP contribution in [0.2, 0.25) is 0 Å². The molecule has 1 fully saturated rings. The highest BCUT2D eigenvalue weighted by Gasteiger charge is 2.32. The van der Waals surface area contributed by atoms with E-state index in [1.54, 1.807) is 0 Å². The Morgan fingerprint density at radius 3 is 2.78 bits per heavy atom. The van der Waals surface area contributed by atoms with E-state index >= 15 is 0 Å². The van der Waals surface area contributed by atoms with Crippen molar-refractivity contribution in [1.29, 1.82) is 0 Å². The van der Waals surface area contributed by atoms with E-state index < -0.39 is 0 Å². The zero-order valence-electron chi connectivity index (χ0n) is 10.9. The van der Waals surface area contributed by atoms with E-state index in [2.05, 4.69) is 5.32 Å². The second-order valence-electron chi connectivity index (χ2n) is 5.17. The Kier molecular flexibility index (Phi) is 4.37. The SMILES string of the molecule is C[C@H](NC(=O)C1CCCC1CN)c1ccccc1.